The van der Waals surface area contributed by atoms with Gasteiger partial charge in [-0.1, -0.05) is 11.8 Å². The van der Waals surface area contributed by atoms with E-state index in [9.17, 15) is 13.6 Å². The molecule has 0 spiro atoms. The van der Waals surface area contributed by atoms with Gasteiger partial charge in [0, 0.05) is 29.3 Å². The average Bonchev–Trinajstić information content (AvgIpc) is 3.68. The Morgan fingerprint density at radius 3 is 2.67 bits per heavy atom. The molecule has 3 aromatic rings. The molecule has 0 radical (unpaired) electrons. The minimum Gasteiger partial charge on any atom is -0.495 e. The number of aromatic nitrogens is 4. The predicted molar refractivity (Wildman–Crippen MR) is 138 cm³/mol. The predicted octanol–water partition coefficient (Wildman–Crippen LogP) is 2.84. The fraction of sp³-hybridized carbons (Fsp3) is 0.280. The highest BCUT2D eigenvalue weighted by atomic mass is 32.2. The fourth-order valence-electron chi connectivity index (χ4n) is 3.61. The Hall–Kier alpha value is -4.51. The fourth-order valence-corrected chi connectivity index (χ4v) is 4.32. The number of halogens is 2. The van der Waals surface area contributed by atoms with Crippen LogP contribution >= 0.6 is 11.8 Å². The van der Waals surface area contributed by atoms with Crippen LogP contribution in [0.4, 0.5) is 8.78 Å². The Bertz CT molecular complexity index is 1580. The number of hydrogen-bond acceptors (Lipinski definition) is 10. The highest BCUT2D eigenvalue weighted by Crippen LogP contribution is 2.35. The van der Waals surface area contributed by atoms with Crippen molar-refractivity contribution in [2.45, 2.75) is 24.6 Å². The van der Waals surface area contributed by atoms with E-state index < -0.39 is 18.0 Å². The SMILES string of the molecule is COc1cnn(-c2cc(-c3cc(C(F)F)ncc3OC)c(C(=O)NC3=NNC(C#CC4CC4)S3)cn2)c(=N)c1. The first-order valence-electron chi connectivity index (χ1n) is 11.7. The van der Waals surface area contributed by atoms with Crippen molar-refractivity contribution in [1.29, 1.82) is 5.41 Å². The van der Waals surface area contributed by atoms with Gasteiger partial charge in [-0.05, 0) is 36.7 Å². The number of nitrogens with zero attached hydrogens (tertiary/aromatic N) is 5. The van der Waals surface area contributed by atoms with Crippen LogP contribution in [0.1, 0.15) is 35.3 Å². The standard InChI is InChI=1S/C25H22F2N8O3S/c1-37-14-7-20(28)35(31-10-14)21-9-15(16-8-18(23(26)27)29-12-19(16)38-2)17(11-30-21)24(36)32-25-34-33-22(39-25)6-5-13-3-4-13/h7-13,22-23,28,33H,3-4H2,1-2H3,(H,32,34,36). The summed E-state index contributed by atoms with van der Waals surface area (Å²) in [6.45, 7) is 0. The number of amidine groups is 1. The number of thioether (sulfide) groups is 1. The number of hydrogen-bond donors (Lipinski definition) is 3. The molecule has 200 valence electrons. The van der Waals surface area contributed by atoms with Crippen molar-refractivity contribution in [2.75, 3.05) is 14.2 Å². The lowest BCUT2D eigenvalue weighted by Crippen LogP contribution is -2.29. The molecular formula is C25H22F2N8O3S. The third-order valence-electron chi connectivity index (χ3n) is 5.75. The highest BCUT2D eigenvalue weighted by molar-refractivity contribution is 8.14. The normalized spacial score (nSPS) is 16.1. The van der Waals surface area contributed by atoms with Crippen LogP contribution in [0, 0.1) is 23.2 Å². The number of amides is 1. The van der Waals surface area contributed by atoms with Crippen LogP contribution in [-0.4, -0.2) is 50.4 Å². The van der Waals surface area contributed by atoms with Gasteiger partial charge in [0.2, 0.25) is 0 Å². The molecule has 1 saturated carbocycles. The minimum absolute atomic E-state index is 0.0545. The van der Waals surface area contributed by atoms with E-state index in [4.69, 9.17) is 14.9 Å². The molecule has 14 heteroatoms. The quantitative estimate of drug-likeness (QED) is 0.397. The molecule has 1 aliphatic heterocycles. The molecular weight excluding hydrogens is 530 g/mol. The molecule has 1 aliphatic carbocycles. The number of carbonyl (C=O) groups excluding carboxylic acids is 1. The number of nitrogens with one attached hydrogen (secondary N) is 3. The second kappa shape index (κ2) is 11.1. The Balaban J connectivity index is 1.53. The van der Waals surface area contributed by atoms with Crippen LogP contribution in [0.15, 0.2) is 41.9 Å². The number of hydrazone groups is 1. The molecule has 1 unspecified atom stereocenters. The van der Waals surface area contributed by atoms with E-state index in [0.717, 1.165) is 25.1 Å². The zero-order valence-corrected chi connectivity index (χ0v) is 21.6. The van der Waals surface area contributed by atoms with E-state index in [-0.39, 0.29) is 39.1 Å². The molecule has 0 aromatic carbocycles. The Morgan fingerprint density at radius 1 is 1.15 bits per heavy atom. The van der Waals surface area contributed by atoms with Gasteiger partial charge in [0.15, 0.2) is 21.8 Å². The average molecular weight is 553 g/mol. The molecule has 39 heavy (non-hydrogen) atoms. The Labute approximate surface area is 225 Å². The number of pyridine rings is 2. The summed E-state index contributed by atoms with van der Waals surface area (Å²) in [5, 5.41) is 19.4. The smallest absolute Gasteiger partial charge is 0.280 e. The van der Waals surface area contributed by atoms with E-state index in [0.29, 0.717) is 16.8 Å². The first-order chi connectivity index (χ1) is 18.9. The van der Waals surface area contributed by atoms with Gasteiger partial charge < -0.3 is 9.47 Å². The maximum absolute atomic E-state index is 13.6. The Morgan fingerprint density at radius 2 is 1.97 bits per heavy atom. The van der Waals surface area contributed by atoms with Crippen LogP contribution in [0.2, 0.25) is 0 Å². The lowest BCUT2D eigenvalue weighted by molar-refractivity contribution is 0.0978. The molecule has 1 fully saturated rings. The highest BCUT2D eigenvalue weighted by Gasteiger charge is 2.25. The monoisotopic (exact) mass is 552 g/mol. The van der Waals surface area contributed by atoms with Crippen LogP contribution < -0.4 is 25.7 Å². The summed E-state index contributed by atoms with van der Waals surface area (Å²) in [5.41, 5.74) is 2.77. The summed E-state index contributed by atoms with van der Waals surface area (Å²) in [6, 6.07) is 4.05. The van der Waals surface area contributed by atoms with Crippen molar-refractivity contribution in [3.05, 3.63) is 53.5 Å². The second-order valence-electron chi connectivity index (χ2n) is 8.45. The minimum atomic E-state index is -2.85. The lowest BCUT2D eigenvalue weighted by Gasteiger charge is -2.15. The number of methoxy groups -OCH3 is 2. The van der Waals surface area contributed by atoms with Gasteiger partial charge in [0.05, 0.1) is 32.2 Å². The molecule has 0 saturated heterocycles. The van der Waals surface area contributed by atoms with Crippen LogP contribution in [-0.2, 0) is 0 Å². The van der Waals surface area contributed by atoms with Crippen molar-refractivity contribution in [3.63, 3.8) is 0 Å². The van der Waals surface area contributed by atoms with E-state index in [1.165, 1.54) is 55.2 Å². The molecule has 3 N–H and O–H groups in total. The first kappa shape index (κ1) is 26.1. The summed E-state index contributed by atoms with van der Waals surface area (Å²) in [7, 11) is 2.82. The molecule has 11 nitrogen and oxygen atoms in total. The maximum Gasteiger partial charge on any atom is 0.280 e. The molecule has 0 bridgehead atoms. The molecule has 1 amide bonds. The first-order valence-corrected chi connectivity index (χ1v) is 12.6. The third kappa shape index (κ3) is 5.83. The van der Waals surface area contributed by atoms with Crippen LogP contribution in [0.3, 0.4) is 0 Å². The summed E-state index contributed by atoms with van der Waals surface area (Å²) in [5.74, 6) is 6.78. The molecule has 5 rings (SSSR count). The van der Waals surface area contributed by atoms with E-state index in [2.05, 4.69) is 42.8 Å². The van der Waals surface area contributed by atoms with E-state index in [1.807, 2.05) is 0 Å². The van der Waals surface area contributed by atoms with Crippen LogP contribution in [0.25, 0.3) is 16.9 Å². The van der Waals surface area contributed by atoms with Gasteiger partial charge >= 0.3 is 0 Å². The summed E-state index contributed by atoms with van der Waals surface area (Å²) < 4.78 is 38.8. The number of carbonyl (C=O) groups is 1. The van der Waals surface area contributed by atoms with Gasteiger partial charge in [-0.3, -0.25) is 25.9 Å². The van der Waals surface area contributed by atoms with Crippen molar-refractivity contribution >= 4 is 22.8 Å². The van der Waals surface area contributed by atoms with Gasteiger partial charge in [0.25, 0.3) is 12.3 Å². The maximum atomic E-state index is 13.6. The van der Waals surface area contributed by atoms with Gasteiger partial charge in [-0.25, -0.2) is 13.8 Å². The number of ether oxygens (including phenoxy) is 2. The van der Waals surface area contributed by atoms with E-state index in [1.54, 1.807) is 0 Å². The summed E-state index contributed by atoms with van der Waals surface area (Å²) >= 11 is 1.25. The van der Waals surface area contributed by atoms with E-state index >= 15 is 0 Å². The van der Waals surface area contributed by atoms with Crippen molar-refractivity contribution in [3.8, 4) is 40.3 Å². The second-order valence-corrected chi connectivity index (χ2v) is 9.55. The van der Waals surface area contributed by atoms with Crippen molar-refractivity contribution in [2.24, 2.45) is 11.0 Å². The largest absolute Gasteiger partial charge is 0.495 e. The topological polar surface area (TPSA) is 139 Å². The summed E-state index contributed by atoms with van der Waals surface area (Å²) in [6.07, 6.45) is 3.17. The molecule has 2 aliphatic rings. The number of rotatable bonds is 6. The lowest BCUT2D eigenvalue weighted by atomic mass is 10.00. The van der Waals surface area contributed by atoms with Crippen molar-refractivity contribution in [1.82, 2.24) is 30.5 Å². The van der Waals surface area contributed by atoms with Gasteiger partial charge in [0.1, 0.15) is 17.2 Å². The third-order valence-corrected chi connectivity index (χ3v) is 6.62. The van der Waals surface area contributed by atoms with Gasteiger partial charge in [-0.15, -0.1) is 0 Å². The van der Waals surface area contributed by atoms with Gasteiger partial charge in [-0.2, -0.15) is 14.9 Å². The zero-order chi connectivity index (χ0) is 27.5. The molecule has 3 aromatic heterocycles. The Kier molecular flexibility index (Phi) is 7.42. The summed E-state index contributed by atoms with van der Waals surface area (Å²) in [4.78, 5) is 21.5. The van der Waals surface area contributed by atoms with Crippen LogP contribution in [0.5, 0.6) is 11.5 Å². The van der Waals surface area contributed by atoms with Crippen molar-refractivity contribution < 1.29 is 23.0 Å². The molecule has 4 heterocycles. The zero-order valence-electron chi connectivity index (χ0n) is 20.7. The molecule has 1 atom stereocenters. The number of alkyl halides is 2.